The van der Waals surface area contributed by atoms with Crippen LogP contribution in [0.15, 0.2) is 12.2 Å². The van der Waals surface area contributed by atoms with Crippen molar-refractivity contribution in [3.8, 4) is 0 Å². The van der Waals surface area contributed by atoms with Gasteiger partial charge in [-0.1, -0.05) is 0 Å². The van der Waals surface area contributed by atoms with E-state index in [1.807, 2.05) is 19.1 Å². The van der Waals surface area contributed by atoms with E-state index in [-0.39, 0.29) is 17.0 Å². The summed E-state index contributed by atoms with van der Waals surface area (Å²) >= 11 is 4.32. The summed E-state index contributed by atoms with van der Waals surface area (Å²) in [6, 6.07) is 0. The van der Waals surface area contributed by atoms with Gasteiger partial charge in [-0.25, -0.2) is 0 Å². The number of rotatable bonds is 1. The van der Waals surface area contributed by atoms with E-state index in [0.29, 0.717) is 0 Å². The number of halogens is 1. The van der Waals surface area contributed by atoms with Crippen LogP contribution < -0.4 is 17.0 Å². The molecule has 0 saturated heterocycles. The fraction of sp³-hybridized carbons (Fsp3) is 0.500. The zero-order valence-corrected chi connectivity index (χ0v) is 6.13. The summed E-state index contributed by atoms with van der Waals surface area (Å²) in [5.41, 5.74) is 0. The second kappa shape index (κ2) is 9.20. The number of hydrogen-bond acceptors (Lipinski definition) is 0. The summed E-state index contributed by atoms with van der Waals surface area (Å²) in [5.74, 6) is 0. The van der Waals surface area contributed by atoms with Crippen LogP contribution in [0, 0.1) is 0 Å². The average molecular weight is 194 g/mol. The van der Waals surface area contributed by atoms with Gasteiger partial charge in [-0.05, 0) is 0 Å². The molecule has 2 heteroatoms. The smallest absolute Gasteiger partial charge is 1.00 e. The maximum atomic E-state index is 4.32. The van der Waals surface area contributed by atoms with E-state index in [1.165, 1.54) is 0 Å². The Balaban J connectivity index is 0. The fourth-order valence-corrected chi connectivity index (χ4v) is 0.307. The van der Waals surface area contributed by atoms with Gasteiger partial charge in [0.25, 0.3) is 0 Å². The maximum Gasteiger partial charge on any atom is -1.00 e. The van der Waals surface area contributed by atoms with Crippen molar-refractivity contribution in [1.82, 2.24) is 0 Å². The van der Waals surface area contributed by atoms with Gasteiger partial charge in [0.05, 0.1) is 0 Å². The molecule has 0 amide bonds. The Labute approximate surface area is 57.1 Å². The molecule has 0 aromatic carbocycles. The van der Waals surface area contributed by atoms with Crippen molar-refractivity contribution in [1.29, 1.82) is 0 Å². The quantitative estimate of drug-likeness (QED) is 0.353. The second-order valence-corrected chi connectivity index (χ2v) is 1.10. The molecule has 6 heavy (non-hydrogen) atoms. The first-order valence-electron chi connectivity index (χ1n) is 1.54. The predicted molar refractivity (Wildman–Crippen MR) is 19.6 cm³/mol. The standard InChI is InChI=1S/C4H7.BrH.Ni/c1-3-4-2;;/h3-4H,1H2,2H3;1H;/q;;+1/p-1/b4-3+;;. The third-order valence-electron chi connectivity index (χ3n) is 0.310. The summed E-state index contributed by atoms with van der Waals surface area (Å²) in [7, 11) is 0. The van der Waals surface area contributed by atoms with Crippen molar-refractivity contribution in [3.63, 3.8) is 0 Å². The fourth-order valence-electron chi connectivity index (χ4n) is 0.0745. The molecule has 0 aliphatic heterocycles. The first-order chi connectivity index (χ1) is 2.41. The Morgan fingerprint density at radius 1 is 1.67 bits per heavy atom. The molecule has 40 valence electrons. The van der Waals surface area contributed by atoms with Gasteiger partial charge in [0.2, 0.25) is 0 Å². The van der Waals surface area contributed by atoms with Crippen molar-refractivity contribution in [2.45, 2.75) is 12.3 Å². The molecule has 0 rings (SSSR count). The van der Waals surface area contributed by atoms with Crippen LogP contribution in [0.25, 0.3) is 0 Å². The van der Waals surface area contributed by atoms with E-state index in [1.54, 1.807) is 0 Å². The Kier molecular flexibility index (Phi) is 15.1. The van der Waals surface area contributed by atoms with Gasteiger partial charge in [0, 0.05) is 0 Å². The van der Waals surface area contributed by atoms with Crippen LogP contribution in [0.2, 0.25) is 5.39 Å². The van der Waals surface area contributed by atoms with Gasteiger partial charge in [-0.15, -0.1) is 0 Å². The minimum absolute atomic E-state index is 0. The van der Waals surface area contributed by atoms with E-state index >= 15 is 0 Å². The zero-order chi connectivity index (χ0) is 4.12. The molecule has 0 aliphatic carbocycles. The van der Waals surface area contributed by atoms with E-state index < -0.39 is 0 Å². The first-order valence-corrected chi connectivity index (χ1v) is 2.24. The van der Waals surface area contributed by atoms with Gasteiger partial charge in [0.1, 0.15) is 0 Å². The molecule has 0 aromatic rings. The molecule has 0 nitrogen and oxygen atoms in total. The average Bonchev–Trinajstić information content (AvgIpc) is 1.41. The summed E-state index contributed by atoms with van der Waals surface area (Å²) in [4.78, 5) is 0. The van der Waals surface area contributed by atoms with Crippen molar-refractivity contribution >= 4 is 0 Å². The Morgan fingerprint density at radius 3 is 2.17 bits per heavy atom. The molecule has 0 atom stereocenters. The van der Waals surface area contributed by atoms with Crippen LogP contribution in [0.4, 0.5) is 0 Å². The minimum atomic E-state index is 0. The van der Waals surface area contributed by atoms with E-state index in [2.05, 4.69) is 15.5 Å². The zero-order valence-electron chi connectivity index (χ0n) is 3.56. The second-order valence-electron chi connectivity index (χ2n) is 0.698. The van der Waals surface area contributed by atoms with Gasteiger partial charge in [-0.2, -0.15) is 0 Å². The van der Waals surface area contributed by atoms with Gasteiger partial charge in [-0.3, -0.25) is 0 Å². The minimum Gasteiger partial charge on any atom is -1.00 e. The summed E-state index contributed by atoms with van der Waals surface area (Å²) in [6.45, 7) is 1.97. The van der Waals surface area contributed by atoms with E-state index in [9.17, 15) is 0 Å². The van der Waals surface area contributed by atoms with Crippen molar-refractivity contribution < 1.29 is 32.4 Å². The van der Waals surface area contributed by atoms with Crippen LogP contribution in [-0.2, 0) is 15.5 Å². The van der Waals surface area contributed by atoms with E-state index in [0.717, 1.165) is 5.39 Å². The maximum absolute atomic E-state index is 4.32. The molecule has 0 radical (unpaired) electrons. The first kappa shape index (κ1) is 9.86. The molecular weight excluding hydrogens is 187 g/mol. The molecule has 0 aromatic heterocycles. The van der Waals surface area contributed by atoms with Crippen LogP contribution in [-0.4, -0.2) is 0 Å². The summed E-state index contributed by atoms with van der Waals surface area (Å²) < 4.78 is 0. The molecule has 0 aliphatic rings. The SMILES string of the molecule is C/C=C/[CH2][Ni+].[Br-]. The summed E-state index contributed by atoms with van der Waals surface area (Å²) in [5, 5.41) is 0.788. The Hall–Kier alpha value is 0.714. The van der Waals surface area contributed by atoms with Crippen LogP contribution >= 0.6 is 0 Å². The number of allylic oxidation sites excluding steroid dienone is 2. The van der Waals surface area contributed by atoms with Crippen molar-refractivity contribution in [2.24, 2.45) is 0 Å². The third kappa shape index (κ3) is 8.83. The third-order valence-corrected chi connectivity index (χ3v) is 0.543. The van der Waals surface area contributed by atoms with Crippen LogP contribution in [0.1, 0.15) is 6.92 Å². The van der Waals surface area contributed by atoms with Crippen molar-refractivity contribution in [3.05, 3.63) is 12.2 Å². The largest absolute Gasteiger partial charge is 1.00 e. The monoisotopic (exact) mass is 192 g/mol. The van der Waals surface area contributed by atoms with Crippen molar-refractivity contribution in [2.75, 3.05) is 0 Å². The van der Waals surface area contributed by atoms with Crippen LogP contribution in [0.5, 0.6) is 0 Å². The molecule has 0 heterocycles. The molecular formula is C4H7BrNi. The van der Waals surface area contributed by atoms with Gasteiger partial charge in [0.15, 0.2) is 0 Å². The molecule has 0 saturated carbocycles. The molecule has 0 N–H and O–H groups in total. The topological polar surface area (TPSA) is 0 Å². The summed E-state index contributed by atoms with van der Waals surface area (Å²) in [6.07, 6.45) is 3.92. The molecule has 0 spiro atoms. The van der Waals surface area contributed by atoms with Crippen LogP contribution in [0.3, 0.4) is 0 Å². The molecule has 0 unspecified atom stereocenters. The van der Waals surface area contributed by atoms with Gasteiger partial charge < -0.3 is 17.0 Å². The van der Waals surface area contributed by atoms with E-state index in [4.69, 9.17) is 0 Å². The number of hydrogen-bond donors (Lipinski definition) is 0. The Bertz CT molecular complexity index is 34.5. The molecule has 0 bridgehead atoms. The predicted octanol–water partition coefficient (Wildman–Crippen LogP) is -1.47. The van der Waals surface area contributed by atoms with Gasteiger partial charge >= 0.3 is 39.9 Å². The Morgan fingerprint density at radius 2 is 2.17 bits per heavy atom. The normalized spacial score (nSPS) is 8.50. The molecule has 0 fully saturated rings.